The highest BCUT2D eigenvalue weighted by molar-refractivity contribution is 6.10. The van der Waals surface area contributed by atoms with Crippen LogP contribution in [0, 0.1) is 11.3 Å². The first kappa shape index (κ1) is 22.2. The molecule has 3 heterocycles. The van der Waals surface area contributed by atoms with Gasteiger partial charge in [-0.05, 0) is 43.2 Å². The van der Waals surface area contributed by atoms with E-state index in [9.17, 15) is 10.1 Å². The minimum Gasteiger partial charge on any atom is -0.355 e. The number of hydrogen-bond acceptors (Lipinski definition) is 5. The summed E-state index contributed by atoms with van der Waals surface area (Å²) in [4.78, 5) is 21.3. The van der Waals surface area contributed by atoms with Crippen LogP contribution in [0.5, 0.6) is 0 Å². The van der Waals surface area contributed by atoms with E-state index < -0.39 is 5.41 Å². The topological polar surface area (TPSA) is 96.5 Å². The van der Waals surface area contributed by atoms with Gasteiger partial charge in [-0.3, -0.25) is 14.5 Å². The van der Waals surface area contributed by atoms with Crippen molar-refractivity contribution in [1.82, 2.24) is 25.1 Å². The van der Waals surface area contributed by atoms with Crippen molar-refractivity contribution < 1.29 is 4.79 Å². The zero-order valence-corrected chi connectivity index (χ0v) is 20.0. The van der Waals surface area contributed by atoms with Gasteiger partial charge in [0.05, 0.1) is 40.0 Å². The first-order chi connectivity index (χ1) is 16.8. The molecule has 7 nitrogen and oxygen atoms in total. The molecule has 172 valence electrons. The maximum atomic E-state index is 12.1. The molecular weight excluding hydrogens is 436 g/mol. The predicted octanol–water partition coefficient (Wildman–Crippen LogP) is 5.01. The molecule has 0 fully saturated rings. The van der Waals surface area contributed by atoms with Crippen LogP contribution < -0.4 is 5.32 Å². The van der Waals surface area contributed by atoms with Gasteiger partial charge in [0.1, 0.15) is 0 Å². The number of aryl methyl sites for hydroxylation is 1. The average molecular weight is 461 g/mol. The van der Waals surface area contributed by atoms with E-state index in [1.165, 1.54) is 0 Å². The molecule has 0 atom stereocenters. The summed E-state index contributed by atoms with van der Waals surface area (Å²) in [6.45, 7) is 3.82. The quantitative estimate of drug-likeness (QED) is 0.407. The van der Waals surface area contributed by atoms with Crippen molar-refractivity contribution in [2.75, 3.05) is 7.05 Å². The first-order valence-electron chi connectivity index (χ1n) is 11.3. The summed E-state index contributed by atoms with van der Waals surface area (Å²) in [5, 5.41) is 18.6. The number of nitrogens with zero attached hydrogens (tertiary/aromatic N) is 5. The lowest BCUT2D eigenvalue weighted by Gasteiger charge is -2.16. The van der Waals surface area contributed by atoms with E-state index in [1.54, 1.807) is 19.4 Å². The molecule has 5 rings (SSSR count). The third kappa shape index (κ3) is 3.79. The van der Waals surface area contributed by atoms with Crippen LogP contribution in [0.25, 0.3) is 44.2 Å². The molecule has 0 bridgehead atoms. The van der Waals surface area contributed by atoms with E-state index in [2.05, 4.69) is 27.5 Å². The smallest absolute Gasteiger partial charge is 0.252 e. The Kier molecular flexibility index (Phi) is 5.29. The third-order valence-electron chi connectivity index (χ3n) is 6.40. The van der Waals surface area contributed by atoms with Crippen LogP contribution in [0.15, 0.2) is 67.1 Å². The molecule has 0 unspecified atom stereocenters. The summed E-state index contributed by atoms with van der Waals surface area (Å²) in [6.07, 6.45) is 5.17. The highest BCUT2D eigenvalue weighted by Gasteiger charge is 2.20. The van der Waals surface area contributed by atoms with Gasteiger partial charge in [-0.25, -0.2) is 4.98 Å². The molecule has 1 N–H and O–H groups in total. The zero-order chi connectivity index (χ0) is 24.7. The number of rotatable bonds is 4. The molecule has 0 radical (unpaired) electrons. The second kappa shape index (κ2) is 8.33. The summed E-state index contributed by atoms with van der Waals surface area (Å²) in [7, 11) is 3.51. The summed E-state index contributed by atoms with van der Waals surface area (Å²) in [5.41, 5.74) is 6.28. The van der Waals surface area contributed by atoms with Crippen molar-refractivity contribution in [2.24, 2.45) is 7.05 Å². The Morgan fingerprint density at radius 1 is 0.971 bits per heavy atom. The molecular formula is C28H24N6O. The maximum Gasteiger partial charge on any atom is 0.252 e. The van der Waals surface area contributed by atoms with Crippen molar-refractivity contribution in [3.05, 3.63) is 78.2 Å². The van der Waals surface area contributed by atoms with Gasteiger partial charge in [-0.1, -0.05) is 30.3 Å². The van der Waals surface area contributed by atoms with Gasteiger partial charge in [0.25, 0.3) is 5.91 Å². The third-order valence-corrected chi connectivity index (χ3v) is 6.40. The van der Waals surface area contributed by atoms with Crippen LogP contribution in [0.3, 0.4) is 0 Å². The summed E-state index contributed by atoms with van der Waals surface area (Å²) in [5.74, 6) is -0.176. The highest BCUT2D eigenvalue weighted by Crippen LogP contribution is 2.35. The van der Waals surface area contributed by atoms with Crippen LogP contribution in [0.4, 0.5) is 0 Å². The van der Waals surface area contributed by atoms with E-state index in [-0.39, 0.29) is 5.91 Å². The fraction of sp³-hybridized carbons (Fsp3) is 0.179. The minimum atomic E-state index is -0.558. The number of aromatic nitrogens is 4. The number of carbonyl (C=O) groups excluding carboxylic acids is 1. The van der Waals surface area contributed by atoms with Crippen molar-refractivity contribution in [1.29, 1.82) is 5.26 Å². The Morgan fingerprint density at radius 2 is 1.71 bits per heavy atom. The molecule has 0 aliphatic heterocycles. The highest BCUT2D eigenvalue weighted by atomic mass is 16.1. The molecule has 1 amide bonds. The summed E-state index contributed by atoms with van der Waals surface area (Å²) >= 11 is 0. The standard InChI is InChI=1S/C28H24N6O/c1-28(2,16-29)21-8-5-17(6-9-21)25-26-23(15-32-34(26)4)22-12-18(7-10-24(22)33-25)19-11-20(14-31-13-19)27(35)30-3/h5-15H,1-4H3,(H,30,35). The Labute approximate surface area is 203 Å². The van der Waals surface area contributed by atoms with Crippen molar-refractivity contribution in [2.45, 2.75) is 19.3 Å². The van der Waals surface area contributed by atoms with Gasteiger partial charge in [0, 0.05) is 48.4 Å². The van der Waals surface area contributed by atoms with Crippen molar-refractivity contribution >= 4 is 27.7 Å². The Bertz CT molecular complexity index is 1640. The van der Waals surface area contributed by atoms with Gasteiger partial charge < -0.3 is 5.32 Å². The molecule has 0 spiro atoms. The number of fused-ring (bicyclic) bond motifs is 3. The van der Waals surface area contributed by atoms with Crippen LogP contribution in [0.2, 0.25) is 0 Å². The fourth-order valence-electron chi connectivity index (χ4n) is 4.29. The SMILES string of the molecule is CNC(=O)c1cncc(-c2ccc3nc(-c4ccc(C(C)(C)C#N)cc4)c4c(cnn4C)c3c2)c1. The Hall–Kier alpha value is -4.57. The number of nitriles is 1. The lowest BCUT2D eigenvalue weighted by atomic mass is 9.86. The van der Waals surface area contributed by atoms with Gasteiger partial charge in [0.15, 0.2) is 0 Å². The molecule has 0 saturated carbocycles. The molecule has 2 aromatic carbocycles. The molecule has 35 heavy (non-hydrogen) atoms. The number of nitrogens with one attached hydrogen (secondary N) is 1. The van der Waals surface area contributed by atoms with E-state index in [4.69, 9.17) is 4.98 Å². The van der Waals surface area contributed by atoms with Gasteiger partial charge in [-0.2, -0.15) is 10.4 Å². The van der Waals surface area contributed by atoms with Gasteiger partial charge in [0.2, 0.25) is 0 Å². The predicted molar refractivity (Wildman–Crippen MR) is 137 cm³/mol. The Balaban J connectivity index is 1.66. The largest absolute Gasteiger partial charge is 0.355 e. The van der Waals surface area contributed by atoms with Crippen LogP contribution in [0.1, 0.15) is 29.8 Å². The van der Waals surface area contributed by atoms with E-state index in [0.717, 1.165) is 49.8 Å². The van der Waals surface area contributed by atoms with E-state index >= 15 is 0 Å². The number of hydrogen-bond donors (Lipinski definition) is 1. The second-order valence-electron chi connectivity index (χ2n) is 9.08. The second-order valence-corrected chi connectivity index (χ2v) is 9.08. The van der Waals surface area contributed by atoms with Crippen LogP contribution >= 0.6 is 0 Å². The fourth-order valence-corrected chi connectivity index (χ4v) is 4.29. The zero-order valence-electron chi connectivity index (χ0n) is 20.0. The molecule has 7 heteroatoms. The van der Waals surface area contributed by atoms with Gasteiger partial charge >= 0.3 is 0 Å². The molecule has 3 aromatic heterocycles. The first-order valence-corrected chi connectivity index (χ1v) is 11.3. The molecule has 0 saturated heterocycles. The monoisotopic (exact) mass is 460 g/mol. The lowest BCUT2D eigenvalue weighted by molar-refractivity contribution is 0.0962. The average Bonchev–Trinajstić information content (AvgIpc) is 3.29. The molecule has 0 aliphatic rings. The van der Waals surface area contributed by atoms with Crippen LogP contribution in [-0.2, 0) is 12.5 Å². The minimum absolute atomic E-state index is 0.176. The number of benzene rings is 2. The number of carbonyl (C=O) groups is 1. The van der Waals surface area contributed by atoms with Gasteiger partial charge in [-0.15, -0.1) is 0 Å². The normalized spacial score (nSPS) is 11.5. The number of amides is 1. The Morgan fingerprint density at radius 3 is 2.43 bits per heavy atom. The lowest BCUT2D eigenvalue weighted by Crippen LogP contribution is -2.17. The van der Waals surface area contributed by atoms with E-state index in [1.807, 2.05) is 74.2 Å². The maximum absolute atomic E-state index is 12.1. The number of pyridine rings is 2. The molecule has 5 aromatic rings. The molecule has 0 aliphatic carbocycles. The van der Waals surface area contributed by atoms with Crippen molar-refractivity contribution in [3.8, 4) is 28.5 Å². The summed E-state index contributed by atoms with van der Waals surface area (Å²) < 4.78 is 1.84. The van der Waals surface area contributed by atoms with Crippen molar-refractivity contribution in [3.63, 3.8) is 0 Å². The van der Waals surface area contributed by atoms with E-state index in [0.29, 0.717) is 5.56 Å². The summed E-state index contributed by atoms with van der Waals surface area (Å²) in [6, 6.07) is 18.2. The van der Waals surface area contributed by atoms with Crippen LogP contribution in [-0.4, -0.2) is 32.7 Å².